The van der Waals surface area contributed by atoms with Crippen molar-refractivity contribution in [2.24, 2.45) is 5.92 Å². The monoisotopic (exact) mass is 458 g/mol. The lowest BCUT2D eigenvalue weighted by Crippen LogP contribution is -2.44. The summed E-state index contributed by atoms with van der Waals surface area (Å²) in [6.07, 6.45) is 0.575. The second kappa shape index (κ2) is 9.17. The highest BCUT2D eigenvalue weighted by Crippen LogP contribution is 2.44. The van der Waals surface area contributed by atoms with Crippen molar-refractivity contribution in [2.75, 3.05) is 13.2 Å². The van der Waals surface area contributed by atoms with E-state index in [9.17, 15) is 23.2 Å². The Bertz CT molecular complexity index is 1030. The molecule has 0 heterocycles. The van der Waals surface area contributed by atoms with Crippen molar-refractivity contribution in [3.8, 4) is 11.1 Å². The molecule has 2 aliphatic rings. The molecule has 2 aliphatic carbocycles. The first-order valence-corrected chi connectivity index (χ1v) is 10.8. The number of carbonyl (C=O) groups excluding carboxylic acids is 2. The summed E-state index contributed by atoms with van der Waals surface area (Å²) in [4.78, 5) is 34.9. The van der Waals surface area contributed by atoms with E-state index < -0.39 is 36.4 Å². The van der Waals surface area contributed by atoms with Gasteiger partial charge in [-0.15, -0.1) is 0 Å². The average Bonchev–Trinajstić information content (AvgIpc) is 3.39. The Morgan fingerprint density at radius 2 is 1.61 bits per heavy atom. The Labute approximate surface area is 189 Å². The van der Waals surface area contributed by atoms with E-state index in [1.54, 1.807) is 0 Å². The van der Waals surface area contributed by atoms with E-state index in [2.05, 4.69) is 5.32 Å². The molecule has 0 radical (unpaired) electrons. The summed E-state index contributed by atoms with van der Waals surface area (Å²) >= 11 is 0. The van der Waals surface area contributed by atoms with Crippen molar-refractivity contribution in [1.29, 1.82) is 0 Å². The number of ether oxygens (including phenoxy) is 1. The normalized spacial score (nSPS) is 19.5. The SMILES string of the molecule is O=C(N[C@H]1CC[C@@H](C(=O)NCC(F)(F)C(=O)O)C1)OCC1c2ccccc2-c2ccccc21. The van der Waals surface area contributed by atoms with Gasteiger partial charge in [-0.05, 0) is 41.5 Å². The Kier molecular flexibility index (Phi) is 6.31. The van der Waals surface area contributed by atoms with Crippen LogP contribution in [0.15, 0.2) is 48.5 Å². The van der Waals surface area contributed by atoms with Gasteiger partial charge in [0.2, 0.25) is 5.91 Å². The van der Waals surface area contributed by atoms with Gasteiger partial charge in [0.15, 0.2) is 0 Å². The number of carboxylic acids is 1. The highest BCUT2D eigenvalue weighted by atomic mass is 19.3. The lowest BCUT2D eigenvalue weighted by molar-refractivity contribution is -0.164. The summed E-state index contributed by atoms with van der Waals surface area (Å²) in [6, 6.07) is 15.7. The number of hydrogen-bond donors (Lipinski definition) is 3. The van der Waals surface area contributed by atoms with Crippen LogP contribution in [0, 0.1) is 5.92 Å². The molecule has 0 saturated heterocycles. The molecule has 0 spiro atoms. The van der Waals surface area contributed by atoms with Gasteiger partial charge in [0, 0.05) is 17.9 Å². The smallest absolute Gasteiger partial charge is 0.407 e. The quantitative estimate of drug-likeness (QED) is 0.589. The van der Waals surface area contributed by atoms with Crippen LogP contribution in [0.2, 0.25) is 0 Å². The minimum atomic E-state index is -4.02. The number of carboxylic acid groups (broad SMARTS) is 1. The molecule has 0 bridgehead atoms. The maximum atomic E-state index is 13.2. The van der Waals surface area contributed by atoms with Gasteiger partial charge in [-0.2, -0.15) is 8.78 Å². The van der Waals surface area contributed by atoms with Crippen LogP contribution in [0.1, 0.15) is 36.3 Å². The number of amides is 2. The van der Waals surface area contributed by atoms with Gasteiger partial charge in [-0.1, -0.05) is 48.5 Å². The predicted octanol–water partition coefficient (Wildman–Crippen LogP) is 3.53. The molecule has 3 N–H and O–H groups in total. The molecule has 0 aromatic heterocycles. The van der Waals surface area contributed by atoms with Gasteiger partial charge < -0.3 is 20.5 Å². The molecular formula is C24H24F2N2O5. The number of alkyl carbamates (subject to hydrolysis) is 1. The first kappa shape index (κ1) is 22.7. The lowest BCUT2D eigenvalue weighted by atomic mass is 9.98. The van der Waals surface area contributed by atoms with Crippen molar-refractivity contribution < 1.29 is 33.0 Å². The second-order valence-electron chi connectivity index (χ2n) is 8.40. The number of carbonyl (C=O) groups is 3. The molecule has 0 aliphatic heterocycles. The topological polar surface area (TPSA) is 105 Å². The van der Waals surface area contributed by atoms with Gasteiger partial charge in [0.25, 0.3) is 0 Å². The number of benzene rings is 2. The third kappa shape index (κ3) is 4.81. The number of halogens is 2. The zero-order valence-corrected chi connectivity index (χ0v) is 17.7. The van der Waals surface area contributed by atoms with Crippen molar-refractivity contribution in [3.05, 3.63) is 59.7 Å². The molecule has 7 nitrogen and oxygen atoms in total. The maximum Gasteiger partial charge on any atom is 0.407 e. The summed E-state index contributed by atoms with van der Waals surface area (Å²) in [5, 5.41) is 13.2. The minimum absolute atomic E-state index is 0.0684. The van der Waals surface area contributed by atoms with Crippen molar-refractivity contribution in [2.45, 2.75) is 37.1 Å². The Hall–Kier alpha value is -3.49. The highest BCUT2D eigenvalue weighted by Gasteiger charge is 2.40. The average molecular weight is 458 g/mol. The van der Waals surface area contributed by atoms with Gasteiger partial charge in [0.1, 0.15) is 6.61 Å². The molecule has 2 amide bonds. The summed E-state index contributed by atoms with van der Waals surface area (Å²) in [7, 11) is 0. The van der Waals surface area contributed by atoms with Gasteiger partial charge in [-0.3, -0.25) is 4.79 Å². The number of rotatable bonds is 7. The maximum absolute atomic E-state index is 13.2. The van der Waals surface area contributed by atoms with Crippen LogP contribution in [0.5, 0.6) is 0 Å². The largest absolute Gasteiger partial charge is 0.477 e. The molecule has 2 atom stereocenters. The number of hydrogen-bond acceptors (Lipinski definition) is 4. The summed E-state index contributed by atoms with van der Waals surface area (Å²) in [5.74, 6) is -7.60. The molecule has 4 rings (SSSR count). The fourth-order valence-electron chi connectivity index (χ4n) is 4.58. The number of aliphatic carboxylic acids is 1. The first-order chi connectivity index (χ1) is 15.8. The van der Waals surface area contributed by atoms with Crippen LogP contribution in [0.3, 0.4) is 0 Å². The molecule has 2 aromatic rings. The highest BCUT2D eigenvalue weighted by molar-refractivity contribution is 5.81. The number of nitrogens with one attached hydrogen (secondary N) is 2. The lowest BCUT2D eigenvalue weighted by Gasteiger charge is -2.17. The Balaban J connectivity index is 1.28. The molecule has 9 heteroatoms. The third-order valence-electron chi connectivity index (χ3n) is 6.27. The molecule has 174 valence electrons. The molecule has 2 aromatic carbocycles. The summed E-state index contributed by atoms with van der Waals surface area (Å²) in [6.45, 7) is -1.09. The van der Waals surface area contributed by atoms with Crippen LogP contribution in [-0.2, 0) is 14.3 Å². The van der Waals surface area contributed by atoms with E-state index in [1.165, 1.54) is 0 Å². The standard InChI is InChI=1S/C24H24F2N2O5/c25-24(26,22(30)31)13-27-21(29)14-9-10-15(11-14)28-23(32)33-12-20-18-7-3-1-5-16(18)17-6-2-4-8-19(17)20/h1-8,14-15,20H,9-13H2,(H,27,29)(H,28,32)(H,30,31)/t14-,15+/m1/s1. The second-order valence-corrected chi connectivity index (χ2v) is 8.40. The van der Waals surface area contributed by atoms with Crippen molar-refractivity contribution in [3.63, 3.8) is 0 Å². The van der Waals surface area contributed by atoms with E-state index in [0.29, 0.717) is 12.8 Å². The molecule has 1 saturated carbocycles. The van der Waals surface area contributed by atoms with Crippen molar-refractivity contribution >= 4 is 18.0 Å². The van der Waals surface area contributed by atoms with E-state index in [1.807, 2.05) is 53.8 Å². The first-order valence-electron chi connectivity index (χ1n) is 10.8. The predicted molar refractivity (Wildman–Crippen MR) is 115 cm³/mol. The fourth-order valence-corrected chi connectivity index (χ4v) is 4.58. The summed E-state index contributed by atoms with van der Waals surface area (Å²) < 4.78 is 31.8. The van der Waals surface area contributed by atoms with E-state index in [0.717, 1.165) is 22.3 Å². The third-order valence-corrected chi connectivity index (χ3v) is 6.27. The van der Waals surface area contributed by atoms with Gasteiger partial charge in [-0.25, -0.2) is 9.59 Å². The van der Waals surface area contributed by atoms with Crippen LogP contribution in [-0.4, -0.2) is 48.2 Å². The molecule has 33 heavy (non-hydrogen) atoms. The Morgan fingerprint density at radius 3 is 2.21 bits per heavy atom. The van der Waals surface area contributed by atoms with Crippen LogP contribution in [0.25, 0.3) is 11.1 Å². The van der Waals surface area contributed by atoms with Crippen LogP contribution < -0.4 is 10.6 Å². The number of fused-ring (bicyclic) bond motifs is 3. The zero-order chi connectivity index (χ0) is 23.6. The summed E-state index contributed by atoms with van der Waals surface area (Å²) in [5.41, 5.74) is 4.45. The van der Waals surface area contributed by atoms with E-state index in [4.69, 9.17) is 9.84 Å². The Morgan fingerprint density at radius 1 is 1.00 bits per heavy atom. The zero-order valence-electron chi connectivity index (χ0n) is 17.7. The van der Waals surface area contributed by atoms with Gasteiger partial charge >= 0.3 is 18.0 Å². The molecule has 1 fully saturated rings. The van der Waals surface area contributed by atoms with E-state index >= 15 is 0 Å². The molecular weight excluding hydrogens is 434 g/mol. The fraction of sp³-hybridized carbons (Fsp3) is 0.375. The van der Waals surface area contributed by atoms with Crippen molar-refractivity contribution in [1.82, 2.24) is 10.6 Å². The van der Waals surface area contributed by atoms with Crippen LogP contribution >= 0.6 is 0 Å². The van der Waals surface area contributed by atoms with Gasteiger partial charge in [0.05, 0.1) is 6.54 Å². The number of alkyl halides is 2. The van der Waals surface area contributed by atoms with Crippen LogP contribution in [0.4, 0.5) is 13.6 Å². The van der Waals surface area contributed by atoms with E-state index in [-0.39, 0.29) is 25.0 Å². The minimum Gasteiger partial charge on any atom is -0.477 e. The molecule has 0 unspecified atom stereocenters.